The monoisotopic (exact) mass is 365 g/mol. The van der Waals surface area contributed by atoms with Crippen LogP contribution in [-0.2, 0) is 4.84 Å². The van der Waals surface area contributed by atoms with Crippen molar-refractivity contribution in [3.63, 3.8) is 0 Å². The molecule has 0 radical (unpaired) electrons. The zero-order valence-electron chi connectivity index (χ0n) is 16.9. The topological polar surface area (TPSA) is 35.8 Å². The normalized spacial score (nSPS) is 33.4. The number of rotatable bonds is 3. The second-order valence-electron chi connectivity index (χ2n) is 9.50. The van der Waals surface area contributed by atoms with Crippen molar-refractivity contribution in [1.82, 2.24) is 5.06 Å². The molecule has 1 unspecified atom stereocenters. The highest BCUT2D eigenvalue weighted by Gasteiger charge is 2.70. The van der Waals surface area contributed by atoms with Gasteiger partial charge in [-0.25, -0.2) is 0 Å². The van der Waals surface area contributed by atoms with Gasteiger partial charge >= 0.3 is 0 Å². The van der Waals surface area contributed by atoms with Crippen LogP contribution in [0.5, 0.6) is 0 Å². The van der Waals surface area contributed by atoms with E-state index in [1.807, 2.05) is 19.1 Å². The molecule has 1 saturated carbocycles. The second-order valence-corrected chi connectivity index (χ2v) is 9.50. The van der Waals surface area contributed by atoms with Gasteiger partial charge in [-0.3, -0.25) is 4.84 Å². The first kappa shape index (κ1) is 18.7. The van der Waals surface area contributed by atoms with Crippen LogP contribution in [0.2, 0.25) is 0 Å². The Morgan fingerprint density at radius 1 is 1.00 bits per heavy atom. The van der Waals surface area contributed by atoms with Gasteiger partial charge < -0.3 is 5.11 Å². The van der Waals surface area contributed by atoms with Gasteiger partial charge in [0, 0.05) is 0 Å². The van der Waals surface area contributed by atoms with Crippen molar-refractivity contribution in [1.29, 1.82) is 0 Å². The van der Waals surface area contributed by atoms with E-state index in [0.717, 1.165) is 19.3 Å². The Balaban J connectivity index is 1.67. The molecule has 3 nitrogen and oxygen atoms in total. The largest absolute Gasteiger partial charge is 0.386 e. The molecule has 0 bridgehead atoms. The lowest BCUT2D eigenvalue weighted by molar-refractivity contribution is -0.0872. The van der Waals surface area contributed by atoms with Gasteiger partial charge in [-0.1, -0.05) is 81.4 Å². The minimum Gasteiger partial charge on any atom is -0.386 e. The van der Waals surface area contributed by atoms with E-state index in [4.69, 9.17) is 4.84 Å². The molecule has 1 N–H and O–H groups in total. The van der Waals surface area contributed by atoms with Crippen LogP contribution in [0, 0.1) is 11.3 Å². The molecule has 2 aromatic carbocycles. The Morgan fingerprint density at radius 3 is 1.96 bits per heavy atom. The summed E-state index contributed by atoms with van der Waals surface area (Å²) in [5.41, 5.74) is 1.11. The summed E-state index contributed by atoms with van der Waals surface area (Å²) in [6.45, 7) is 8.77. The molecule has 1 saturated heterocycles. The number of aliphatic hydroxyl groups is 1. The van der Waals surface area contributed by atoms with Crippen LogP contribution in [0.25, 0.3) is 0 Å². The number of nitrogens with zero attached hydrogens (tertiary/aromatic N) is 1. The van der Waals surface area contributed by atoms with Crippen LogP contribution in [0.3, 0.4) is 0 Å². The molecule has 1 aliphatic heterocycles. The summed E-state index contributed by atoms with van der Waals surface area (Å²) >= 11 is 0. The fraction of sp³-hybridized carbons (Fsp3) is 0.500. The SMILES string of the molecule is CC(C)(C)[C@H]1CC[C@]2(ON2C(c2ccccc2)c2ccccc2)[C@@](C)(O)C1. The van der Waals surface area contributed by atoms with Crippen molar-refractivity contribution in [3.8, 4) is 0 Å². The average Bonchev–Trinajstić information content (AvgIpc) is 3.34. The molecule has 1 aliphatic carbocycles. The Morgan fingerprint density at radius 2 is 1.52 bits per heavy atom. The smallest absolute Gasteiger partial charge is 0.194 e. The predicted octanol–water partition coefficient (Wildman–Crippen LogP) is 5.32. The summed E-state index contributed by atoms with van der Waals surface area (Å²) in [5, 5.41) is 13.5. The van der Waals surface area contributed by atoms with Gasteiger partial charge in [0.15, 0.2) is 5.72 Å². The van der Waals surface area contributed by atoms with E-state index in [9.17, 15) is 5.11 Å². The maximum absolute atomic E-state index is 11.4. The lowest BCUT2D eigenvalue weighted by atomic mass is 9.65. The molecule has 2 aromatic rings. The summed E-state index contributed by atoms with van der Waals surface area (Å²) in [6, 6.07) is 20.9. The average molecular weight is 366 g/mol. The highest BCUT2D eigenvalue weighted by atomic mass is 16.9. The van der Waals surface area contributed by atoms with Gasteiger partial charge in [0.2, 0.25) is 0 Å². The van der Waals surface area contributed by atoms with Crippen LogP contribution in [0.1, 0.15) is 64.1 Å². The number of hydroxylamine groups is 2. The van der Waals surface area contributed by atoms with E-state index < -0.39 is 11.3 Å². The maximum atomic E-state index is 11.4. The molecule has 2 aliphatic rings. The van der Waals surface area contributed by atoms with Crippen molar-refractivity contribution in [3.05, 3.63) is 71.8 Å². The molecule has 1 heterocycles. The van der Waals surface area contributed by atoms with Gasteiger partial charge in [0.25, 0.3) is 0 Å². The van der Waals surface area contributed by atoms with Crippen LogP contribution in [-0.4, -0.2) is 21.5 Å². The minimum absolute atomic E-state index is 0.00920. The third-order valence-electron chi connectivity index (χ3n) is 6.58. The Hall–Kier alpha value is -1.68. The number of benzene rings is 2. The van der Waals surface area contributed by atoms with Gasteiger partial charge in [0.1, 0.15) is 5.60 Å². The Bertz CT molecular complexity index is 742. The summed E-state index contributed by atoms with van der Waals surface area (Å²) in [6.07, 6.45) is 2.70. The third-order valence-corrected chi connectivity index (χ3v) is 6.58. The molecule has 2 fully saturated rings. The molecular weight excluding hydrogens is 334 g/mol. The molecule has 144 valence electrons. The van der Waals surface area contributed by atoms with Crippen molar-refractivity contribution in [2.24, 2.45) is 11.3 Å². The number of hydrogen-bond acceptors (Lipinski definition) is 3. The van der Waals surface area contributed by atoms with E-state index in [0.29, 0.717) is 5.92 Å². The first-order valence-corrected chi connectivity index (χ1v) is 10.1. The van der Waals surface area contributed by atoms with Crippen LogP contribution in [0.15, 0.2) is 60.7 Å². The fourth-order valence-corrected chi connectivity index (χ4v) is 4.75. The van der Waals surface area contributed by atoms with Crippen molar-refractivity contribution in [2.45, 2.75) is 64.3 Å². The third kappa shape index (κ3) is 3.22. The Labute approximate surface area is 162 Å². The first-order valence-electron chi connectivity index (χ1n) is 10.1. The maximum Gasteiger partial charge on any atom is 0.194 e. The fourth-order valence-electron chi connectivity index (χ4n) is 4.75. The first-order chi connectivity index (χ1) is 12.7. The molecule has 4 rings (SSSR count). The van der Waals surface area contributed by atoms with Crippen molar-refractivity contribution < 1.29 is 9.94 Å². The predicted molar refractivity (Wildman–Crippen MR) is 108 cm³/mol. The summed E-state index contributed by atoms with van der Waals surface area (Å²) in [4.78, 5) is 6.28. The van der Waals surface area contributed by atoms with E-state index in [2.05, 4.69) is 74.4 Å². The van der Waals surface area contributed by atoms with E-state index in [-0.39, 0.29) is 11.5 Å². The van der Waals surface area contributed by atoms with E-state index >= 15 is 0 Å². The van der Waals surface area contributed by atoms with Crippen LogP contribution >= 0.6 is 0 Å². The lowest BCUT2D eigenvalue weighted by Gasteiger charge is -2.44. The highest BCUT2D eigenvalue weighted by molar-refractivity contribution is 5.33. The van der Waals surface area contributed by atoms with Gasteiger partial charge in [-0.2, -0.15) is 0 Å². The molecular formula is C24H31NO2. The molecule has 0 aromatic heterocycles. The highest BCUT2D eigenvalue weighted by Crippen LogP contribution is 2.60. The minimum atomic E-state index is -0.870. The van der Waals surface area contributed by atoms with Gasteiger partial charge in [0.05, 0.1) is 6.04 Å². The zero-order chi connectivity index (χ0) is 19.3. The lowest BCUT2D eigenvalue weighted by Crippen LogP contribution is -2.52. The molecule has 1 spiro atoms. The van der Waals surface area contributed by atoms with Crippen LogP contribution < -0.4 is 0 Å². The molecule has 4 atom stereocenters. The second kappa shape index (κ2) is 6.44. The number of hydrogen-bond donors (Lipinski definition) is 1. The summed E-state index contributed by atoms with van der Waals surface area (Å²) in [7, 11) is 0. The quantitative estimate of drug-likeness (QED) is 0.748. The zero-order valence-corrected chi connectivity index (χ0v) is 16.9. The van der Waals surface area contributed by atoms with Gasteiger partial charge in [-0.05, 0) is 48.6 Å². The summed E-state index contributed by atoms with van der Waals surface area (Å²) < 4.78 is 0. The molecule has 27 heavy (non-hydrogen) atoms. The van der Waals surface area contributed by atoms with Gasteiger partial charge in [-0.15, -0.1) is 5.06 Å². The van der Waals surface area contributed by atoms with Crippen LogP contribution in [0.4, 0.5) is 0 Å². The molecule has 0 amide bonds. The Kier molecular flexibility index (Phi) is 4.45. The van der Waals surface area contributed by atoms with E-state index in [1.54, 1.807) is 0 Å². The summed E-state index contributed by atoms with van der Waals surface area (Å²) in [5.74, 6) is 0.496. The standard InChI is InChI=1S/C24H31NO2/c1-22(2,3)20-15-16-24(23(4,26)17-20)25(27-24)21(18-11-7-5-8-12-18)19-13-9-6-10-14-19/h5-14,20-21,26H,15-17H2,1-4H3/t20-,23-,24-,25?/m0/s1. The molecule has 3 heteroatoms. The van der Waals surface area contributed by atoms with Crippen molar-refractivity contribution >= 4 is 0 Å². The van der Waals surface area contributed by atoms with Crippen molar-refractivity contribution in [2.75, 3.05) is 0 Å². The van der Waals surface area contributed by atoms with E-state index in [1.165, 1.54) is 11.1 Å².